The van der Waals surface area contributed by atoms with Crippen LogP contribution in [-0.4, -0.2) is 33.1 Å². The Morgan fingerprint density at radius 1 is 1.21 bits per heavy atom. The highest BCUT2D eigenvalue weighted by Crippen LogP contribution is 2.38. The third-order valence-corrected chi connectivity index (χ3v) is 4.58. The number of hydrogen-bond acceptors (Lipinski definition) is 4. The molecule has 126 valence electrons. The number of rotatable bonds is 4. The summed E-state index contributed by atoms with van der Waals surface area (Å²) >= 11 is 0. The van der Waals surface area contributed by atoms with Crippen LogP contribution in [0.4, 0.5) is 4.39 Å². The van der Waals surface area contributed by atoms with Crippen LogP contribution >= 0.6 is 0 Å². The molecule has 24 heavy (non-hydrogen) atoms. The topological polar surface area (TPSA) is 49.2 Å². The van der Waals surface area contributed by atoms with Gasteiger partial charge in [0.05, 0.1) is 23.9 Å². The Balaban J connectivity index is 1.67. The molecule has 1 saturated heterocycles. The van der Waals surface area contributed by atoms with Gasteiger partial charge in [-0.2, -0.15) is 5.10 Å². The van der Waals surface area contributed by atoms with Crippen molar-refractivity contribution in [3.05, 3.63) is 48.7 Å². The SMILES string of the molecule is CC1(C)OB(C(F)=CCn2cc(-c3cccnc3)cn2)OC1(C)C. The zero-order chi connectivity index (χ0) is 17.4. The van der Waals surface area contributed by atoms with Crippen LogP contribution in [0.25, 0.3) is 11.1 Å². The van der Waals surface area contributed by atoms with Gasteiger partial charge in [0.25, 0.3) is 0 Å². The first kappa shape index (κ1) is 16.9. The number of pyridine rings is 1. The van der Waals surface area contributed by atoms with E-state index in [-0.39, 0.29) is 0 Å². The van der Waals surface area contributed by atoms with Gasteiger partial charge in [0.1, 0.15) is 5.73 Å². The molecular weight excluding hydrogens is 308 g/mol. The molecule has 0 unspecified atom stereocenters. The summed E-state index contributed by atoms with van der Waals surface area (Å²) in [6.07, 6.45) is 8.50. The second-order valence-electron chi connectivity index (χ2n) is 6.87. The second-order valence-corrected chi connectivity index (χ2v) is 6.87. The van der Waals surface area contributed by atoms with E-state index in [1.165, 1.54) is 6.08 Å². The minimum atomic E-state index is -0.969. The van der Waals surface area contributed by atoms with E-state index in [2.05, 4.69) is 10.1 Å². The lowest BCUT2D eigenvalue weighted by molar-refractivity contribution is 0.00578. The van der Waals surface area contributed by atoms with Crippen molar-refractivity contribution in [2.24, 2.45) is 0 Å². The Morgan fingerprint density at radius 3 is 2.54 bits per heavy atom. The van der Waals surface area contributed by atoms with Gasteiger partial charge in [-0.3, -0.25) is 9.67 Å². The van der Waals surface area contributed by atoms with E-state index in [1.54, 1.807) is 23.3 Å². The molecule has 3 heterocycles. The van der Waals surface area contributed by atoms with Crippen LogP contribution in [0.3, 0.4) is 0 Å². The molecule has 0 aromatic carbocycles. The largest absolute Gasteiger partial charge is 0.524 e. The Bertz CT molecular complexity index is 727. The average Bonchev–Trinajstić information content (AvgIpc) is 3.08. The van der Waals surface area contributed by atoms with E-state index >= 15 is 0 Å². The maximum Gasteiger partial charge on any atom is 0.524 e. The molecule has 1 fully saturated rings. The average molecular weight is 329 g/mol. The summed E-state index contributed by atoms with van der Waals surface area (Å²) in [5.74, 6) is 0. The fourth-order valence-electron chi connectivity index (χ4n) is 2.38. The van der Waals surface area contributed by atoms with Gasteiger partial charge in [0.15, 0.2) is 0 Å². The summed E-state index contributed by atoms with van der Waals surface area (Å²) in [5, 5.41) is 4.24. The molecule has 0 radical (unpaired) electrons. The Labute approximate surface area is 141 Å². The van der Waals surface area contributed by atoms with Crippen LogP contribution in [0.15, 0.2) is 48.7 Å². The summed E-state index contributed by atoms with van der Waals surface area (Å²) in [4.78, 5) is 4.08. The third-order valence-electron chi connectivity index (χ3n) is 4.58. The fraction of sp³-hybridized carbons (Fsp3) is 0.412. The van der Waals surface area contributed by atoms with E-state index in [1.807, 2.05) is 46.0 Å². The Hall–Kier alpha value is -1.99. The first-order valence-electron chi connectivity index (χ1n) is 7.92. The van der Waals surface area contributed by atoms with Crippen LogP contribution in [-0.2, 0) is 15.9 Å². The molecule has 0 aliphatic carbocycles. The van der Waals surface area contributed by atoms with Crippen molar-refractivity contribution in [2.75, 3.05) is 0 Å². The number of nitrogens with zero attached hydrogens (tertiary/aromatic N) is 3. The third kappa shape index (κ3) is 3.27. The van der Waals surface area contributed by atoms with Gasteiger partial charge in [-0.15, -0.1) is 0 Å². The first-order valence-corrected chi connectivity index (χ1v) is 7.92. The molecule has 2 aromatic rings. The standard InChI is InChI=1S/C17H21BFN3O2/c1-16(2)17(3,4)24-18(23-16)15(19)7-9-22-12-14(11-21-22)13-6-5-8-20-10-13/h5-8,10-12H,9H2,1-4H3. The van der Waals surface area contributed by atoms with E-state index < -0.39 is 24.0 Å². The van der Waals surface area contributed by atoms with Gasteiger partial charge in [-0.25, -0.2) is 4.39 Å². The van der Waals surface area contributed by atoms with Crippen molar-refractivity contribution < 1.29 is 13.7 Å². The number of aromatic nitrogens is 3. The number of allylic oxidation sites excluding steroid dienone is 1. The van der Waals surface area contributed by atoms with E-state index in [4.69, 9.17) is 9.31 Å². The molecular formula is C17H21BFN3O2. The smallest absolute Gasteiger partial charge is 0.398 e. The maximum atomic E-state index is 14.4. The lowest BCUT2D eigenvalue weighted by atomic mass is 9.88. The van der Waals surface area contributed by atoms with Crippen molar-refractivity contribution >= 4 is 7.12 Å². The summed E-state index contributed by atoms with van der Waals surface area (Å²) in [5.41, 5.74) is 0.364. The molecule has 5 nitrogen and oxygen atoms in total. The lowest BCUT2D eigenvalue weighted by Crippen LogP contribution is -2.41. The predicted octanol–water partition coefficient (Wildman–Crippen LogP) is 3.43. The van der Waals surface area contributed by atoms with Crippen LogP contribution in [0, 0.1) is 0 Å². The van der Waals surface area contributed by atoms with Crippen molar-refractivity contribution in [3.8, 4) is 11.1 Å². The van der Waals surface area contributed by atoms with Crippen LogP contribution in [0.1, 0.15) is 27.7 Å². The molecule has 0 spiro atoms. The number of hydrogen-bond donors (Lipinski definition) is 0. The molecule has 0 saturated carbocycles. The lowest BCUT2D eigenvalue weighted by Gasteiger charge is -2.32. The summed E-state index contributed by atoms with van der Waals surface area (Å²) in [6.45, 7) is 7.89. The minimum Gasteiger partial charge on any atom is -0.398 e. The molecule has 0 bridgehead atoms. The fourth-order valence-corrected chi connectivity index (χ4v) is 2.38. The normalized spacial score (nSPS) is 19.7. The zero-order valence-electron chi connectivity index (χ0n) is 14.4. The van der Waals surface area contributed by atoms with E-state index in [9.17, 15) is 4.39 Å². The predicted molar refractivity (Wildman–Crippen MR) is 90.7 cm³/mol. The monoisotopic (exact) mass is 329 g/mol. The van der Waals surface area contributed by atoms with Gasteiger partial charge in [0.2, 0.25) is 0 Å². The van der Waals surface area contributed by atoms with Crippen molar-refractivity contribution in [1.82, 2.24) is 14.8 Å². The quantitative estimate of drug-likeness (QED) is 0.807. The highest BCUT2D eigenvalue weighted by atomic mass is 19.1. The molecule has 1 aliphatic rings. The minimum absolute atomic E-state index is 0.302. The van der Waals surface area contributed by atoms with Crippen molar-refractivity contribution in [3.63, 3.8) is 0 Å². The van der Waals surface area contributed by atoms with Crippen LogP contribution in [0.5, 0.6) is 0 Å². The van der Waals surface area contributed by atoms with Gasteiger partial charge >= 0.3 is 7.12 Å². The molecule has 7 heteroatoms. The van der Waals surface area contributed by atoms with Gasteiger partial charge in [-0.05, 0) is 39.8 Å². The van der Waals surface area contributed by atoms with Gasteiger partial charge < -0.3 is 9.31 Å². The van der Waals surface area contributed by atoms with Gasteiger partial charge in [-0.1, -0.05) is 6.07 Å². The Kier molecular flexibility index (Phi) is 4.32. The molecule has 0 N–H and O–H groups in total. The Morgan fingerprint density at radius 2 is 1.92 bits per heavy atom. The highest BCUT2D eigenvalue weighted by molar-refractivity contribution is 6.53. The molecule has 1 aliphatic heterocycles. The van der Waals surface area contributed by atoms with Crippen LogP contribution in [0.2, 0.25) is 0 Å². The van der Waals surface area contributed by atoms with Gasteiger partial charge in [0, 0.05) is 29.7 Å². The van der Waals surface area contributed by atoms with Crippen molar-refractivity contribution in [2.45, 2.75) is 45.4 Å². The molecule has 0 atom stereocenters. The molecule has 3 rings (SSSR count). The van der Waals surface area contributed by atoms with Crippen LogP contribution < -0.4 is 0 Å². The first-order chi connectivity index (χ1) is 11.3. The second kappa shape index (κ2) is 6.14. The molecule has 0 amide bonds. The zero-order valence-corrected chi connectivity index (χ0v) is 14.4. The van der Waals surface area contributed by atoms with E-state index in [0.717, 1.165) is 11.1 Å². The summed E-state index contributed by atoms with van der Waals surface area (Å²) in [6, 6.07) is 3.82. The maximum absolute atomic E-state index is 14.4. The molecule has 2 aromatic heterocycles. The van der Waals surface area contributed by atoms with E-state index in [0.29, 0.717) is 6.54 Å². The summed E-state index contributed by atoms with van der Waals surface area (Å²) in [7, 11) is -0.969. The highest BCUT2D eigenvalue weighted by Gasteiger charge is 2.52. The number of halogens is 1. The summed E-state index contributed by atoms with van der Waals surface area (Å²) < 4.78 is 27.4. The van der Waals surface area contributed by atoms with Crippen molar-refractivity contribution in [1.29, 1.82) is 0 Å².